The number of benzene rings is 3. The molecule has 3 aromatic carbocycles. The number of carboxylic acids is 1. The van der Waals surface area contributed by atoms with E-state index in [4.69, 9.17) is 9.47 Å². The summed E-state index contributed by atoms with van der Waals surface area (Å²) in [6.07, 6.45) is 0. The summed E-state index contributed by atoms with van der Waals surface area (Å²) in [5.41, 5.74) is 0.233. The van der Waals surface area contributed by atoms with Gasteiger partial charge in [-0.25, -0.2) is 4.79 Å². The number of hydrogen-bond acceptors (Lipinski definition) is 3. The van der Waals surface area contributed by atoms with Gasteiger partial charge in [0.25, 0.3) is 0 Å². The monoisotopic (exact) mass is 310 g/mol. The third-order valence-electron chi connectivity index (χ3n) is 3.75. The fourth-order valence-corrected chi connectivity index (χ4v) is 2.83. The summed E-state index contributed by atoms with van der Waals surface area (Å²) < 4.78 is 11.7. The van der Waals surface area contributed by atoms with Crippen molar-refractivity contribution in [2.75, 3.05) is 13.2 Å². The quantitative estimate of drug-likeness (QED) is 0.705. The van der Waals surface area contributed by atoms with Gasteiger partial charge in [0.2, 0.25) is 0 Å². The molecule has 23 heavy (non-hydrogen) atoms. The molecule has 0 atom stereocenters. The van der Waals surface area contributed by atoms with Crippen molar-refractivity contribution in [3.8, 4) is 11.5 Å². The molecule has 0 amide bonds. The number of hydrogen-bond donors (Lipinski definition) is 1. The van der Waals surface area contributed by atoms with E-state index in [9.17, 15) is 9.90 Å². The van der Waals surface area contributed by atoms with E-state index in [1.807, 2.05) is 38.1 Å². The second kappa shape index (κ2) is 6.16. The highest BCUT2D eigenvalue weighted by Crippen LogP contribution is 2.43. The summed E-state index contributed by atoms with van der Waals surface area (Å²) in [6.45, 7) is 4.89. The van der Waals surface area contributed by atoms with Gasteiger partial charge < -0.3 is 14.6 Å². The van der Waals surface area contributed by atoms with Crippen molar-refractivity contribution in [3.05, 3.63) is 48.0 Å². The lowest BCUT2D eigenvalue weighted by Crippen LogP contribution is -2.01. The van der Waals surface area contributed by atoms with Crippen LogP contribution < -0.4 is 9.47 Å². The van der Waals surface area contributed by atoms with Crippen molar-refractivity contribution < 1.29 is 19.4 Å². The Hall–Kier alpha value is -2.75. The first-order chi connectivity index (χ1) is 11.2. The van der Waals surface area contributed by atoms with Gasteiger partial charge in [0, 0.05) is 21.5 Å². The minimum atomic E-state index is -0.958. The van der Waals surface area contributed by atoms with E-state index < -0.39 is 5.97 Å². The smallest absolute Gasteiger partial charge is 0.335 e. The number of aromatic carboxylic acids is 1. The third-order valence-corrected chi connectivity index (χ3v) is 3.75. The molecule has 3 aromatic rings. The number of carbonyl (C=O) groups is 1. The first kappa shape index (κ1) is 15.2. The zero-order valence-corrected chi connectivity index (χ0v) is 13.1. The van der Waals surface area contributed by atoms with Crippen LogP contribution in [0, 0.1) is 0 Å². The topological polar surface area (TPSA) is 55.8 Å². The molecule has 118 valence electrons. The van der Waals surface area contributed by atoms with Crippen LogP contribution in [0.5, 0.6) is 11.5 Å². The molecule has 0 heterocycles. The molecular formula is C19H18O4. The molecule has 0 bridgehead atoms. The van der Waals surface area contributed by atoms with Gasteiger partial charge in [-0.3, -0.25) is 0 Å². The SMILES string of the molecule is CCOc1c2ccccc2c(OCC)c2cc(C(=O)O)ccc12. The molecule has 0 spiro atoms. The van der Waals surface area contributed by atoms with Gasteiger partial charge in [-0.1, -0.05) is 24.3 Å². The van der Waals surface area contributed by atoms with E-state index in [2.05, 4.69) is 0 Å². The Bertz CT molecular complexity index is 883. The van der Waals surface area contributed by atoms with Gasteiger partial charge in [0.1, 0.15) is 11.5 Å². The van der Waals surface area contributed by atoms with Crippen molar-refractivity contribution in [1.82, 2.24) is 0 Å². The van der Waals surface area contributed by atoms with Crippen LogP contribution in [-0.2, 0) is 0 Å². The molecule has 0 radical (unpaired) electrons. The van der Waals surface area contributed by atoms with Gasteiger partial charge in [0.05, 0.1) is 18.8 Å². The van der Waals surface area contributed by atoms with E-state index in [-0.39, 0.29) is 5.56 Å². The van der Waals surface area contributed by atoms with Crippen LogP contribution in [0.2, 0.25) is 0 Å². The minimum Gasteiger partial charge on any atom is -0.493 e. The maximum atomic E-state index is 11.3. The lowest BCUT2D eigenvalue weighted by Gasteiger charge is -2.17. The molecule has 4 heteroatoms. The van der Waals surface area contributed by atoms with Crippen LogP contribution in [0.25, 0.3) is 21.5 Å². The van der Waals surface area contributed by atoms with E-state index >= 15 is 0 Å². The highest BCUT2D eigenvalue weighted by Gasteiger charge is 2.17. The Labute approximate surface area is 134 Å². The van der Waals surface area contributed by atoms with E-state index in [0.29, 0.717) is 19.0 Å². The first-order valence-electron chi connectivity index (χ1n) is 7.64. The Kier molecular flexibility index (Phi) is 4.06. The molecule has 0 aliphatic rings. The van der Waals surface area contributed by atoms with Crippen LogP contribution in [0.3, 0.4) is 0 Å². The lowest BCUT2D eigenvalue weighted by molar-refractivity contribution is 0.0697. The molecule has 0 saturated heterocycles. The van der Waals surface area contributed by atoms with Crippen LogP contribution in [-0.4, -0.2) is 24.3 Å². The second-order valence-corrected chi connectivity index (χ2v) is 5.14. The van der Waals surface area contributed by atoms with Gasteiger partial charge in [-0.2, -0.15) is 0 Å². The number of carboxylic acid groups (broad SMARTS) is 1. The fraction of sp³-hybridized carbons (Fsp3) is 0.211. The standard InChI is InChI=1S/C19H18O4/c1-3-22-17-13-7-5-6-8-14(13)18(23-4-2)16-11-12(19(20)21)9-10-15(16)17/h5-11H,3-4H2,1-2H3,(H,20,21). The average Bonchev–Trinajstić information content (AvgIpc) is 2.57. The molecule has 0 aliphatic heterocycles. The summed E-state index contributed by atoms with van der Waals surface area (Å²) >= 11 is 0. The minimum absolute atomic E-state index is 0.233. The van der Waals surface area contributed by atoms with Gasteiger partial charge >= 0.3 is 5.97 Å². The summed E-state index contributed by atoms with van der Waals surface area (Å²) in [4.78, 5) is 11.3. The third kappa shape index (κ3) is 2.57. The summed E-state index contributed by atoms with van der Waals surface area (Å²) in [5, 5.41) is 12.8. The van der Waals surface area contributed by atoms with Gasteiger partial charge in [-0.05, 0) is 32.0 Å². The van der Waals surface area contributed by atoms with Crippen molar-refractivity contribution in [3.63, 3.8) is 0 Å². The van der Waals surface area contributed by atoms with Gasteiger partial charge in [-0.15, -0.1) is 0 Å². The van der Waals surface area contributed by atoms with Crippen molar-refractivity contribution in [2.24, 2.45) is 0 Å². The zero-order valence-electron chi connectivity index (χ0n) is 13.1. The predicted molar refractivity (Wildman–Crippen MR) is 90.8 cm³/mol. The van der Waals surface area contributed by atoms with Crippen LogP contribution in [0.1, 0.15) is 24.2 Å². The molecular weight excluding hydrogens is 292 g/mol. The Morgan fingerprint density at radius 1 is 0.870 bits per heavy atom. The second-order valence-electron chi connectivity index (χ2n) is 5.14. The van der Waals surface area contributed by atoms with Crippen molar-refractivity contribution in [2.45, 2.75) is 13.8 Å². The fourth-order valence-electron chi connectivity index (χ4n) is 2.83. The Balaban J connectivity index is 2.47. The largest absolute Gasteiger partial charge is 0.493 e. The molecule has 0 aliphatic carbocycles. The maximum absolute atomic E-state index is 11.3. The molecule has 0 saturated carbocycles. The summed E-state index contributed by atoms with van der Waals surface area (Å²) in [5.74, 6) is 0.503. The van der Waals surface area contributed by atoms with Crippen LogP contribution >= 0.6 is 0 Å². The number of ether oxygens (including phenoxy) is 2. The van der Waals surface area contributed by atoms with Crippen molar-refractivity contribution >= 4 is 27.5 Å². The molecule has 0 aromatic heterocycles. The van der Waals surface area contributed by atoms with E-state index in [1.165, 1.54) is 0 Å². The number of fused-ring (bicyclic) bond motifs is 2. The molecule has 0 fully saturated rings. The lowest BCUT2D eigenvalue weighted by atomic mass is 9.98. The van der Waals surface area contributed by atoms with Gasteiger partial charge in [0.15, 0.2) is 0 Å². The predicted octanol–water partition coefficient (Wildman–Crippen LogP) is 4.49. The summed E-state index contributed by atoms with van der Waals surface area (Å²) in [6, 6.07) is 12.9. The molecule has 4 nitrogen and oxygen atoms in total. The highest BCUT2D eigenvalue weighted by atomic mass is 16.5. The Morgan fingerprint density at radius 2 is 1.39 bits per heavy atom. The number of rotatable bonds is 5. The van der Waals surface area contributed by atoms with E-state index in [1.54, 1.807) is 18.2 Å². The van der Waals surface area contributed by atoms with Crippen LogP contribution in [0.15, 0.2) is 42.5 Å². The Morgan fingerprint density at radius 3 is 1.91 bits per heavy atom. The first-order valence-corrected chi connectivity index (χ1v) is 7.64. The molecule has 3 rings (SSSR count). The molecule has 1 N–H and O–H groups in total. The average molecular weight is 310 g/mol. The summed E-state index contributed by atoms with van der Waals surface area (Å²) in [7, 11) is 0. The maximum Gasteiger partial charge on any atom is 0.335 e. The highest BCUT2D eigenvalue weighted by molar-refractivity contribution is 6.12. The van der Waals surface area contributed by atoms with Crippen LogP contribution in [0.4, 0.5) is 0 Å². The molecule has 0 unspecified atom stereocenters. The normalized spacial score (nSPS) is 10.9. The zero-order chi connectivity index (χ0) is 16.4. The van der Waals surface area contributed by atoms with E-state index in [0.717, 1.165) is 27.3 Å². The van der Waals surface area contributed by atoms with Crippen molar-refractivity contribution in [1.29, 1.82) is 0 Å².